The number of nitrogens with zero attached hydrogens (tertiary/aromatic N) is 2. The van der Waals surface area contributed by atoms with Crippen LogP contribution in [0.5, 0.6) is 5.75 Å². The number of rotatable bonds is 7. The Morgan fingerprint density at radius 3 is 2.36 bits per heavy atom. The molecule has 1 aromatic heterocycles. The molecule has 2 rings (SSSR count). The topological polar surface area (TPSA) is 35.0 Å². The highest BCUT2D eigenvalue weighted by Gasteiger charge is 2.30. The summed E-state index contributed by atoms with van der Waals surface area (Å²) in [6, 6.07) is 9.64. The lowest BCUT2D eigenvalue weighted by atomic mass is 10.2. The van der Waals surface area contributed by atoms with Gasteiger partial charge in [-0.05, 0) is 39.7 Å². The molecule has 0 radical (unpaired) electrons. The molecule has 0 aliphatic rings. The first-order valence-electron chi connectivity index (χ1n) is 6.05. The average Bonchev–Trinajstić information content (AvgIpc) is 2.48. The Balaban J connectivity index is 1.67. The van der Waals surface area contributed by atoms with Gasteiger partial charge in [-0.25, -0.2) is 0 Å². The summed E-state index contributed by atoms with van der Waals surface area (Å²) in [5, 5.41) is 7.77. The van der Waals surface area contributed by atoms with E-state index >= 15 is 0 Å². The highest BCUT2D eigenvalue weighted by Crippen LogP contribution is 2.38. The zero-order chi connectivity index (χ0) is 15.8. The van der Waals surface area contributed by atoms with E-state index in [0.717, 1.165) is 17.0 Å². The molecule has 0 saturated heterocycles. The quantitative estimate of drug-likeness (QED) is 0.502. The van der Waals surface area contributed by atoms with Gasteiger partial charge in [0.2, 0.25) is 0 Å². The van der Waals surface area contributed by atoms with Crippen molar-refractivity contribution < 1.29 is 17.9 Å². The van der Waals surface area contributed by atoms with Crippen LogP contribution in [0.25, 0.3) is 0 Å². The maximum atomic E-state index is 12.0. The summed E-state index contributed by atoms with van der Waals surface area (Å²) in [7, 11) is 4.86. The van der Waals surface area contributed by atoms with Crippen LogP contribution < -0.4 is 4.74 Å². The summed E-state index contributed by atoms with van der Waals surface area (Å²) in [6.45, 7) is 0. The maximum Gasteiger partial charge on any atom is 0.573 e. The molecule has 0 aliphatic carbocycles. The van der Waals surface area contributed by atoms with Crippen molar-refractivity contribution in [3.8, 4) is 5.75 Å². The van der Waals surface area contributed by atoms with E-state index < -0.39 is 6.36 Å². The molecule has 9 heteroatoms. The highest BCUT2D eigenvalue weighted by molar-refractivity contribution is 9.09. The molecular weight excluding hydrogens is 353 g/mol. The molecule has 1 heterocycles. The van der Waals surface area contributed by atoms with Gasteiger partial charge < -0.3 is 4.74 Å². The summed E-state index contributed by atoms with van der Waals surface area (Å²) in [5.41, 5.74) is 1.85. The third-order valence-corrected chi connectivity index (χ3v) is 6.39. The van der Waals surface area contributed by atoms with Crippen LogP contribution in [0, 0.1) is 0 Å². The van der Waals surface area contributed by atoms with Crippen molar-refractivity contribution in [2.75, 3.05) is 0 Å². The first-order valence-corrected chi connectivity index (χ1v) is 9.87. The number of benzene rings is 1. The smallest absolute Gasteiger partial charge is 0.406 e. The highest BCUT2D eigenvalue weighted by atomic mass is 33.5. The van der Waals surface area contributed by atoms with Crippen molar-refractivity contribution in [3.05, 3.63) is 53.9 Å². The van der Waals surface area contributed by atoms with E-state index in [1.165, 1.54) is 12.1 Å². The first kappa shape index (κ1) is 17.3. The molecular formula is C13H11F3N2OS3. The van der Waals surface area contributed by atoms with Gasteiger partial charge in [-0.3, -0.25) is 0 Å². The fraction of sp³-hybridized carbons (Fsp3) is 0.231. The predicted octanol–water partition coefficient (Wildman–Crippen LogP) is 5.11. The lowest BCUT2D eigenvalue weighted by Gasteiger charge is -2.09. The van der Waals surface area contributed by atoms with Crippen LogP contribution in [0.4, 0.5) is 13.2 Å². The van der Waals surface area contributed by atoms with Gasteiger partial charge in [-0.1, -0.05) is 33.7 Å². The summed E-state index contributed by atoms with van der Waals surface area (Å²) in [5.74, 6) is 1.25. The Hall–Kier alpha value is -1.06. The van der Waals surface area contributed by atoms with E-state index in [4.69, 9.17) is 0 Å². The normalized spacial score (nSPS) is 11.4. The molecule has 0 N–H and O–H groups in total. The molecule has 2 aromatic rings. The Bertz CT molecular complexity index is 567. The van der Waals surface area contributed by atoms with Gasteiger partial charge in [0, 0.05) is 17.7 Å². The molecule has 0 aliphatic heterocycles. The molecule has 0 fully saturated rings. The van der Waals surface area contributed by atoms with Crippen molar-refractivity contribution in [2.45, 2.75) is 17.9 Å². The van der Waals surface area contributed by atoms with Gasteiger partial charge in [0.05, 0.1) is 5.69 Å². The molecule has 22 heavy (non-hydrogen) atoms. The van der Waals surface area contributed by atoms with E-state index in [0.29, 0.717) is 5.75 Å². The second kappa shape index (κ2) is 8.54. The number of hydrogen-bond donors (Lipinski definition) is 0. The van der Waals surface area contributed by atoms with Gasteiger partial charge in [0.25, 0.3) is 0 Å². The molecule has 1 aromatic carbocycles. The Labute approximate surface area is 137 Å². The van der Waals surface area contributed by atoms with Crippen molar-refractivity contribution in [2.24, 2.45) is 0 Å². The summed E-state index contributed by atoms with van der Waals surface area (Å²) in [4.78, 5) is 0. The third kappa shape index (κ3) is 6.80. The second-order valence-electron chi connectivity index (χ2n) is 4.00. The minimum absolute atomic E-state index is 0.203. The monoisotopic (exact) mass is 364 g/mol. The lowest BCUT2D eigenvalue weighted by Crippen LogP contribution is -2.16. The van der Waals surface area contributed by atoms with Crippen LogP contribution in [-0.2, 0) is 11.5 Å². The lowest BCUT2D eigenvalue weighted by molar-refractivity contribution is -0.274. The molecule has 0 bridgehead atoms. The molecule has 3 nitrogen and oxygen atoms in total. The van der Waals surface area contributed by atoms with E-state index in [9.17, 15) is 13.2 Å². The molecule has 0 spiro atoms. The fourth-order valence-corrected chi connectivity index (χ4v) is 4.92. The zero-order valence-corrected chi connectivity index (χ0v) is 13.6. The Kier molecular flexibility index (Phi) is 6.71. The largest absolute Gasteiger partial charge is 0.573 e. The average molecular weight is 364 g/mol. The fourth-order valence-electron chi connectivity index (χ4n) is 1.41. The summed E-state index contributed by atoms with van der Waals surface area (Å²) < 4.78 is 39.9. The number of halogens is 3. The van der Waals surface area contributed by atoms with Crippen molar-refractivity contribution in [3.63, 3.8) is 0 Å². The number of hydrogen-bond acceptors (Lipinski definition) is 6. The van der Waals surface area contributed by atoms with E-state index in [2.05, 4.69) is 14.9 Å². The van der Waals surface area contributed by atoms with E-state index in [-0.39, 0.29) is 5.75 Å². The van der Waals surface area contributed by atoms with Crippen molar-refractivity contribution >= 4 is 31.4 Å². The Morgan fingerprint density at radius 1 is 1.00 bits per heavy atom. The maximum absolute atomic E-state index is 12.0. The molecule has 0 amide bonds. The van der Waals surface area contributed by atoms with Gasteiger partial charge in [-0.2, -0.15) is 10.2 Å². The van der Waals surface area contributed by atoms with E-state index in [1.54, 1.807) is 49.7 Å². The van der Waals surface area contributed by atoms with Gasteiger partial charge >= 0.3 is 6.36 Å². The third-order valence-electron chi connectivity index (χ3n) is 2.31. The van der Waals surface area contributed by atoms with Crippen LogP contribution in [-0.4, -0.2) is 16.6 Å². The Morgan fingerprint density at radius 2 is 1.73 bits per heavy atom. The number of aromatic nitrogens is 2. The van der Waals surface area contributed by atoms with Gasteiger partial charge in [-0.15, -0.1) is 13.2 Å². The van der Waals surface area contributed by atoms with Crippen LogP contribution in [0.1, 0.15) is 11.3 Å². The van der Waals surface area contributed by atoms with Crippen LogP contribution in [0.2, 0.25) is 0 Å². The first-order chi connectivity index (χ1) is 10.5. The molecule has 0 unspecified atom stereocenters. The molecule has 118 valence electrons. The van der Waals surface area contributed by atoms with Crippen LogP contribution in [0.15, 0.2) is 42.6 Å². The number of ether oxygens (including phenoxy) is 1. The predicted molar refractivity (Wildman–Crippen MR) is 85.3 cm³/mol. The van der Waals surface area contributed by atoms with Crippen LogP contribution in [0.3, 0.4) is 0 Å². The minimum atomic E-state index is -4.65. The standard InChI is InChI=1S/C13H11F3N2OS3/c14-13(15,16)19-12-5-3-10(4-6-12)8-20-22-21-9-11-2-1-7-17-18-11/h1-7H,8-9H2. The molecule has 0 atom stereocenters. The number of alkyl halides is 3. The SMILES string of the molecule is FC(F)(F)Oc1ccc(CSSSCc2cccnn2)cc1. The van der Waals surface area contributed by atoms with Crippen LogP contribution >= 0.6 is 31.4 Å². The van der Waals surface area contributed by atoms with Gasteiger partial charge in [0.1, 0.15) is 5.75 Å². The summed E-state index contributed by atoms with van der Waals surface area (Å²) in [6.07, 6.45) is -3.02. The van der Waals surface area contributed by atoms with E-state index in [1.807, 2.05) is 12.1 Å². The van der Waals surface area contributed by atoms with Crippen molar-refractivity contribution in [1.82, 2.24) is 10.2 Å². The van der Waals surface area contributed by atoms with Gasteiger partial charge in [0.15, 0.2) is 0 Å². The molecule has 0 saturated carbocycles. The zero-order valence-electron chi connectivity index (χ0n) is 11.1. The van der Waals surface area contributed by atoms with Crippen molar-refractivity contribution in [1.29, 1.82) is 0 Å². The minimum Gasteiger partial charge on any atom is -0.406 e. The second-order valence-corrected chi connectivity index (χ2v) is 8.23. The summed E-state index contributed by atoms with van der Waals surface area (Å²) >= 11 is 0.